The van der Waals surface area contributed by atoms with Crippen molar-refractivity contribution in [1.29, 1.82) is 0 Å². The van der Waals surface area contributed by atoms with Crippen molar-refractivity contribution in [2.24, 2.45) is 0 Å². The molecule has 2 heterocycles. The molecule has 1 spiro atoms. The van der Waals surface area contributed by atoms with Gasteiger partial charge in [0.05, 0.1) is 12.2 Å². The summed E-state index contributed by atoms with van der Waals surface area (Å²) in [7, 11) is 0. The van der Waals surface area contributed by atoms with Crippen molar-refractivity contribution in [3.8, 4) is 11.5 Å². The number of amides is 3. The number of urea groups is 1. The Balaban J connectivity index is 1.52. The third kappa shape index (κ3) is 2.48. The Morgan fingerprint density at radius 2 is 1.88 bits per heavy atom. The van der Waals surface area contributed by atoms with Crippen LogP contribution in [0.3, 0.4) is 0 Å². The van der Waals surface area contributed by atoms with E-state index in [1.807, 2.05) is 30.3 Å². The summed E-state index contributed by atoms with van der Waals surface area (Å²) in [4.78, 5) is 30.7. The van der Waals surface area contributed by atoms with Gasteiger partial charge in [-0.25, -0.2) is 9.78 Å². The molecule has 3 amide bonds. The van der Waals surface area contributed by atoms with E-state index in [2.05, 4.69) is 10.3 Å². The molecule has 1 aliphatic carbocycles. The SMILES string of the molecule is O=C1NC2(CCCCC2)C(=O)N1Cc1coc(-c2ccccc2)n1. The first-order valence-electron chi connectivity index (χ1n) is 8.32. The molecule has 2 fully saturated rings. The number of aromatic nitrogens is 1. The largest absolute Gasteiger partial charge is 0.444 e. The van der Waals surface area contributed by atoms with Gasteiger partial charge < -0.3 is 9.73 Å². The van der Waals surface area contributed by atoms with Gasteiger partial charge in [0.2, 0.25) is 5.89 Å². The fourth-order valence-corrected chi connectivity index (χ4v) is 3.57. The monoisotopic (exact) mass is 325 g/mol. The van der Waals surface area contributed by atoms with Gasteiger partial charge in [-0.1, -0.05) is 37.5 Å². The predicted octanol–water partition coefficient (Wildman–Crippen LogP) is 3.10. The van der Waals surface area contributed by atoms with Crippen LogP contribution in [-0.4, -0.2) is 27.4 Å². The Hall–Kier alpha value is -2.63. The van der Waals surface area contributed by atoms with E-state index in [-0.39, 0.29) is 18.5 Å². The number of hydrogen-bond donors (Lipinski definition) is 1. The van der Waals surface area contributed by atoms with E-state index in [0.29, 0.717) is 11.6 Å². The van der Waals surface area contributed by atoms with E-state index in [4.69, 9.17) is 4.42 Å². The predicted molar refractivity (Wildman–Crippen MR) is 86.8 cm³/mol. The fraction of sp³-hybridized carbons (Fsp3) is 0.389. The van der Waals surface area contributed by atoms with Crippen molar-refractivity contribution in [3.63, 3.8) is 0 Å². The van der Waals surface area contributed by atoms with Crippen molar-refractivity contribution >= 4 is 11.9 Å². The Kier molecular flexibility index (Phi) is 3.59. The van der Waals surface area contributed by atoms with Gasteiger partial charge in [0, 0.05) is 5.56 Å². The molecule has 0 radical (unpaired) electrons. The normalized spacial score (nSPS) is 19.8. The molecule has 1 aromatic heterocycles. The van der Waals surface area contributed by atoms with Crippen LogP contribution < -0.4 is 5.32 Å². The van der Waals surface area contributed by atoms with Crippen molar-refractivity contribution in [1.82, 2.24) is 15.2 Å². The Bertz CT molecular complexity index is 763. The third-order valence-corrected chi connectivity index (χ3v) is 4.85. The fourth-order valence-electron chi connectivity index (χ4n) is 3.57. The summed E-state index contributed by atoms with van der Waals surface area (Å²) in [6.07, 6.45) is 6.03. The van der Waals surface area contributed by atoms with E-state index in [0.717, 1.165) is 37.7 Å². The second-order valence-corrected chi connectivity index (χ2v) is 6.47. The van der Waals surface area contributed by atoms with Crippen LogP contribution in [0, 0.1) is 0 Å². The summed E-state index contributed by atoms with van der Waals surface area (Å²) in [5.41, 5.74) is 0.747. The average Bonchev–Trinajstić information content (AvgIpc) is 3.16. The molecule has 1 aromatic carbocycles. The van der Waals surface area contributed by atoms with Crippen molar-refractivity contribution < 1.29 is 14.0 Å². The number of hydrogen-bond acceptors (Lipinski definition) is 4. The van der Waals surface area contributed by atoms with Gasteiger partial charge in [-0.05, 0) is 25.0 Å². The number of nitrogens with one attached hydrogen (secondary N) is 1. The van der Waals surface area contributed by atoms with E-state index < -0.39 is 5.54 Å². The highest BCUT2D eigenvalue weighted by atomic mass is 16.3. The Morgan fingerprint density at radius 3 is 2.62 bits per heavy atom. The molecule has 24 heavy (non-hydrogen) atoms. The van der Waals surface area contributed by atoms with Crippen LogP contribution in [0.4, 0.5) is 4.79 Å². The first-order valence-corrected chi connectivity index (χ1v) is 8.32. The summed E-state index contributed by atoms with van der Waals surface area (Å²) in [6.45, 7) is 0.142. The zero-order valence-electron chi connectivity index (χ0n) is 13.3. The number of oxazole rings is 1. The maximum atomic E-state index is 12.8. The first-order chi connectivity index (χ1) is 11.7. The van der Waals surface area contributed by atoms with Gasteiger partial charge >= 0.3 is 6.03 Å². The number of imide groups is 1. The molecule has 2 aliphatic rings. The molecule has 1 saturated carbocycles. The minimum atomic E-state index is -0.693. The molecule has 0 unspecified atom stereocenters. The zero-order chi connectivity index (χ0) is 16.6. The number of carbonyl (C=O) groups is 2. The zero-order valence-corrected chi connectivity index (χ0v) is 13.3. The molecule has 6 nitrogen and oxygen atoms in total. The van der Waals surface area contributed by atoms with Gasteiger partial charge in [0.25, 0.3) is 5.91 Å². The highest BCUT2D eigenvalue weighted by molar-refractivity contribution is 6.07. The minimum Gasteiger partial charge on any atom is -0.444 e. The topological polar surface area (TPSA) is 75.4 Å². The molecular formula is C18H19N3O3. The average molecular weight is 325 g/mol. The molecule has 4 rings (SSSR count). The van der Waals surface area contributed by atoms with Crippen molar-refractivity contribution in [2.45, 2.75) is 44.2 Å². The molecule has 6 heteroatoms. The van der Waals surface area contributed by atoms with E-state index in [1.54, 1.807) is 0 Å². The van der Waals surface area contributed by atoms with Crippen molar-refractivity contribution in [2.75, 3.05) is 0 Å². The first kappa shape index (κ1) is 14.9. The van der Waals surface area contributed by atoms with Gasteiger partial charge in [-0.3, -0.25) is 9.69 Å². The summed E-state index contributed by atoms with van der Waals surface area (Å²) in [6, 6.07) is 9.21. The third-order valence-electron chi connectivity index (χ3n) is 4.85. The highest BCUT2D eigenvalue weighted by Crippen LogP contribution is 2.34. The lowest BCUT2D eigenvalue weighted by molar-refractivity contribution is -0.132. The summed E-state index contributed by atoms with van der Waals surface area (Å²) < 4.78 is 5.49. The Morgan fingerprint density at radius 1 is 1.12 bits per heavy atom. The van der Waals surface area contributed by atoms with Crippen LogP contribution in [0.2, 0.25) is 0 Å². The van der Waals surface area contributed by atoms with Crippen LogP contribution >= 0.6 is 0 Å². The molecule has 1 aliphatic heterocycles. The number of carbonyl (C=O) groups excluding carboxylic acids is 2. The summed E-state index contributed by atoms with van der Waals surface area (Å²) >= 11 is 0. The molecule has 124 valence electrons. The smallest absolute Gasteiger partial charge is 0.325 e. The molecular weight excluding hydrogens is 306 g/mol. The minimum absolute atomic E-state index is 0.128. The number of nitrogens with zero attached hydrogens (tertiary/aromatic N) is 2. The van der Waals surface area contributed by atoms with Crippen LogP contribution in [0.25, 0.3) is 11.5 Å². The molecule has 0 atom stereocenters. The van der Waals surface area contributed by atoms with Gasteiger partial charge in [-0.2, -0.15) is 0 Å². The maximum Gasteiger partial charge on any atom is 0.325 e. The second kappa shape index (κ2) is 5.78. The van der Waals surface area contributed by atoms with Gasteiger partial charge in [0.15, 0.2) is 0 Å². The lowest BCUT2D eigenvalue weighted by Crippen LogP contribution is -2.48. The quantitative estimate of drug-likeness (QED) is 0.880. The van der Waals surface area contributed by atoms with Gasteiger partial charge in [-0.15, -0.1) is 0 Å². The summed E-state index contributed by atoms with van der Waals surface area (Å²) in [5.74, 6) is 0.362. The summed E-state index contributed by atoms with van der Waals surface area (Å²) in [5, 5.41) is 2.91. The molecule has 1 N–H and O–H groups in total. The van der Waals surface area contributed by atoms with Crippen LogP contribution in [0.1, 0.15) is 37.8 Å². The van der Waals surface area contributed by atoms with E-state index in [1.165, 1.54) is 11.2 Å². The molecule has 0 bridgehead atoms. The van der Waals surface area contributed by atoms with Crippen LogP contribution in [0.5, 0.6) is 0 Å². The molecule has 1 saturated heterocycles. The number of rotatable bonds is 3. The standard InChI is InChI=1S/C18H19N3O3/c22-16-18(9-5-2-6-10-18)20-17(23)21(16)11-14-12-24-15(19-14)13-7-3-1-4-8-13/h1,3-4,7-8,12H,2,5-6,9-11H2,(H,20,23). The van der Waals surface area contributed by atoms with E-state index in [9.17, 15) is 9.59 Å². The second-order valence-electron chi connectivity index (χ2n) is 6.47. The van der Waals surface area contributed by atoms with Crippen LogP contribution in [-0.2, 0) is 11.3 Å². The number of benzene rings is 1. The highest BCUT2D eigenvalue weighted by Gasteiger charge is 2.51. The Labute approximate surface area is 139 Å². The van der Waals surface area contributed by atoms with E-state index >= 15 is 0 Å². The molecule has 2 aromatic rings. The lowest BCUT2D eigenvalue weighted by Gasteiger charge is -2.30. The van der Waals surface area contributed by atoms with Gasteiger partial charge in [0.1, 0.15) is 11.8 Å². The van der Waals surface area contributed by atoms with Crippen molar-refractivity contribution in [3.05, 3.63) is 42.3 Å². The van der Waals surface area contributed by atoms with Crippen LogP contribution in [0.15, 0.2) is 41.0 Å². The lowest BCUT2D eigenvalue weighted by atomic mass is 9.82. The maximum absolute atomic E-state index is 12.8.